The molecule has 2 aromatic heterocycles. The van der Waals surface area contributed by atoms with Crippen LogP contribution in [0.5, 0.6) is 5.75 Å². The second-order valence-electron chi connectivity index (χ2n) is 7.00. The maximum Gasteiger partial charge on any atom is 0.337 e. The summed E-state index contributed by atoms with van der Waals surface area (Å²) in [6.45, 7) is 1.58. The fourth-order valence-corrected chi connectivity index (χ4v) is 4.25. The van der Waals surface area contributed by atoms with Gasteiger partial charge in [0.2, 0.25) is 5.91 Å². The van der Waals surface area contributed by atoms with E-state index in [0.717, 1.165) is 11.3 Å². The average molecular weight is 449 g/mol. The van der Waals surface area contributed by atoms with Crippen LogP contribution in [-0.4, -0.2) is 33.6 Å². The molecule has 162 valence electrons. The number of benzene rings is 2. The van der Waals surface area contributed by atoms with Crippen molar-refractivity contribution in [2.45, 2.75) is 13.0 Å². The highest BCUT2D eigenvalue weighted by Gasteiger charge is 2.26. The number of carboxylic acid groups (broad SMARTS) is 1. The van der Waals surface area contributed by atoms with Crippen molar-refractivity contribution in [3.8, 4) is 17.1 Å². The second kappa shape index (κ2) is 8.64. The highest BCUT2D eigenvalue weighted by atomic mass is 32.1. The predicted octanol–water partition coefficient (Wildman–Crippen LogP) is 4.03. The lowest BCUT2D eigenvalue weighted by atomic mass is 10.1. The van der Waals surface area contributed by atoms with E-state index >= 15 is 0 Å². The van der Waals surface area contributed by atoms with Gasteiger partial charge in [0.1, 0.15) is 22.4 Å². The first-order valence-corrected chi connectivity index (χ1v) is 10.6. The summed E-state index contributed by atoms with van der Waals surface area (Å²) in [5.74, 6) is -0.724. The SMILES string of the molecule is COc1ccc(NC(=O)C(C)n2c(-c3ccccc3)nc3scc(C(=O)O)c3c2=O)cc1. The second-order valence-corrected chi connectivity index (χ2v) is 7.86. The van der Waals surface area contributed by atoms with E-state index in [0.29, 0.717) is 27.7 Å². The molecule has 2 N–H and O–H groups in total. The van der Waals surface area contributed by atoms with E-state index in [2.05, 4.69) is 10.3 Å². The monoisotopic (exact) mass is 449 g/mol. The first-order valence-electron chi connectivity index (χ1n) is 9.68. The van der Waals surface area contributed by atoms with Gasteiger partial charge in [0.15, 0.2) is 0 Å². The molecule has 32 heavy (non-hydrogen) atoms. The fraction of sp³-hybridized carbons (Fsp3) is 0.130. The van der Waals surface area contributed by atoms with Crippen LogP contribution in [0.15, 0.2) is 64.8 Å². The third-order valence-electron chi connectivity index (χ3n) is 5.03. The van der Waals surface area contributed by atoms with Crippen molar-refractivity contribution >= 4 is 39.1 Å². The molecule has 0 bridgehead atoms. The van der Waals surface area contributed by atoms with Gasteiger partial charge in [-0.15, -0.1) is 11.3 Å². The van der Waals surface area contributed by atoms with Crippen molar-refractivity contribution in [1.82, 2.24) is 9.55 Å². The Labute approximate surface area is 186 Å². The first kappa shape index (κ1) is 21.3. The quantitative estimate of drug-likeness (QED) is 0.460. The van der Waals surface area contributed by atoms with Gasteiger partial charge in [-0.1, -0.05) is 30.3 Å². The number of aromatic nitrogens is 2. The molecule has 1 atom stereocenters. The minimum Gasteiger partial charge on any atom is -0.497 e. The summed E-state index contributed by atoms with van der Waals surface area (Å²) in [6, 6.07) is 14.8. The van der Waals surface area contributed by atoms with Crippen molar-refractivity contribution in [3.05, 3.63) is 75.9 Å². The van der Waals surface area contributed by atoms with Crippen LogP contribution in [0, 0.1) is 0 Å². The van der Waals surface area contributed by atoms with Crippen molar-refractivity contribution < 1.29 is 19.4 Å². The molecule has 0 aliphatic heterocycles. The number of fused-ring (bicyclic) bond motifs is 1. The molecule has 0 aliphatic rings. The van der Waals surface area contributed by atoms with Crippen LogP contribution in [0.1, 0.15) is 23.3 Å². The summed E-state index contributed by atoms with van der Waals surface area (Å²) in [4.78, 5) is 43.0. The van der Waals surface area contributed by atoms with Crippen molar-refractivity contribution in [1.29, 1.82) is 0 Å². The molecule has 0 saturated carbocycles. The lowest BCUT2D eigenvalue weighted by Crippen LogP contribution is -2.33. The number of rotatable bonds is 6. The molecule has 0 radical (unpaired) electrons. The fourth-order valence-electron chi connectivity index (χ4n) is 3.35. The van der Waals surface area contributed by atoms with Gasteiger partial charge in [-0.25, -0.2) is 9.78 Å². The lowest BCUT2D eigenvalue weighted by molar-refractivity contribution is -0.118. The Morgan fingerprint density at radius 3 is 2.44 bits per heavy atom. The Morgan fingerprint density at radius 2 is 1.81 bits per heavy atom. The number of anilines is 1. The van der Waals surface area contributed by atoms with E-state index in [1.165, 1.54) is 9.95 Å². The van der Waals surface area contributed by atoms with Crippen LogP contribution >= 0.6 is 11.3 Å². The number of methoxy groups -OCH3 is 1. The molecule has 2 heterocycles. The molecule has 1 amide bonds. The molecule has 4 rings (SSSR count). The van der Waals surface area contributed by atoms with E-state index in [1.807, 2.05) is 6.07 Å². The summed E-state index contributed by atoms with van der Waals surface area (Å²) in [5.41, 5.74) is 0.470. The molecule has 0 aliphatic carbocycles. The van der Waals surface area contributed by atoms with E-state index in [-0.39, 0.29) is 10.9 Å². The van der Waals surface area contributed by atoms with E-state index in [9.17, 15) is 19.5 Å². The Bertz CT molecular complexity index is 1360. The standard InChI is InChI=1S/C23H19N3O5S/c1-13(20(27)24-15-8-10-16(31-2)11-9-15)26-19(14-6-4-3-5-7-14)25-21-18(22(26)28)17(12-32-21)23(29)30/h3-13H,1-2H3,(H,24,27)(H,29,30). The van der Waals surface area contributed by atoms with Crippen LogP contribution in [0.2, 0.25) is 0 Å². The van der Waals surface area contributed by atoms with Crippen LogP contribution in [0.4, 0.5) is 5.69 Å². The number of aromatic carboxylic acids is 1. The number of carbonyl (C=O) groups is 2. The summed E-state index contributed by atoms with van der Waals surface area (Å²) in [5, 5.41) is 13.7. The zero-order valence-electron chi connectivity index (χ0n) is 17.2. The normalized spacial score (nSPS) is 11.8. The topological polar surface area (TPSA) is 111 Å². The van der Waals surface area contributed by atoms with Gasteiger partial charge in [0, 0.05) is 16.6 Å². The van der Waals surface area contributed by atoms with E-state index in [1.54, 1.807) is 62.6 Å². The van der Waals surface area contributed by atoms with Gasteiger partial charge < -0.3 is 15.2 Å². The maximum absolute atomic E-state index is 13.5. The third-order valence-corrected chi connectivity index (χ3v) is 5.90. The molecular formula is C23H19N3O5S. The molecular weight excluding hydrogens is 430 g/mol. The Kier molecular flexibility index (Phi) is 5.74. The molecule has 9 heteroatoms. The van der Waals surface area contributed by atoms with Crippen LogP contribution in [0.25, 0.3) is 21.6 Å². The highest BCUT2D eigenvalue weighted by molar-refractivity contribution is 7.17. The van der Waals surface area contributed by atoms with E-state index in [4.69, 9.17) is 4.74 Å². The molecule has 8 nitrogen and oxygen atoms in total. The number of thiophene rings is 1. The minimum absolute atomic E-state index is 0.00808. The van der Waals surface area contributed by atoms with Gasteiger partial charge in [0.25, 0.3) is 5.56 Å². The van der Waals surface area contributed by atoms with Gasteiger partial charge in [-0.3, -0.25) is 14.2 Å². The summed E-state index contributed by atoms with van der Waals surface area (Å²) in [6.07, 6.45) is 0. The Hall–Kier alpha value is -3.98. The average Bonchev–Trinajstić information content (AvgIpc) is 3.24. The largest absolute Gasteiger partial charge is 0.497 e. The van der Waals surface area contributed by atoms with Gasteiger partial charge in [-0.2, -0.15) is 0 Å². The number of nitrogens with one attached hydrogen (secondary N) is 1. The molecule has 1 unspecified atom stereocenters. The van der Waals surface area contributed by atoms with Crippen LogP contribution in [-0.2, 0) is 4.79 Å². The number of hydrogen-bond acceptors (Lipinski definition) is 6. The zero-order valence-corrected chi connectivity index (χ0v) is 18.1. The van der Waals surface area contributed by atoms with Gasteiger partial charge in [0.05, 0.1) is 18.1 Å². The molecule has 2 aromatic carbocycles. The summed E-state index contributed by atoms with van der Waals surface area (Å²) < 4.78 is 6.37. The first-order chi connectivity index (χ1) is 15.4. The maximum atomic E-state index is 13.5. The van der Waals surface area contributed by atoms with Gasteiger partial charge in [-0.05, 0) is 31.2 Å². The molecule has 0 fully saturated rings. The smallest absolute Gasteiger partial charge is 0.337 e. The summed E-state index contributed by atoms with van der Waals surface area (Å²) in [7, 11) is 1.55. The number of carbonyl (C=O) groups excluding carboxylic acids is 1. The molecule has 0 saturated heterocycles. The zero-order chi connectivity index (χ0) is 22.8. The number of amides is 1. The predicted molar refractivity (Wildman–Crippen MR) is 123 cm³/mol. The number of hydrogen-bond donors (Lipinski definition) is 2. The number of ether oxygens (including phenoxy) is 1. The van der Waals surface area contributed by atoms with Crippen molar-refractivity contribution in [3.63, 3.8) is 0 Å². The Balaban J connectivity index is 1.83. The van der Waals surface area contributed by atoms with Crippen LogP contribution < -0.4 is 15.6 Å². The Morgan fingerprint density at radius 1 is 1.12 bits per heavy atom. The molecule has 0 spiro atoms. The highest BCUT2D eigenvalue weighted by Crippen LogP contribution is 2.27. The number of carboxylic acids is 1. The molecule has 4 aromatic rings. The van der Waals surface area contributed by atoms with Crippen LogP contribution in [0.3, 0.4) is 0 Å². The third kappa shape index (κ3) is 3.85. The van der Waals surface area contributed by atoms with Gasteiger partial charge >= 0.3 is 5.97 Å². The lowest BCUT2D eigenvalue weighted by Gasteiger charge is -2.19. The summed E-state index contributed by atoms with van der Waals surface area (Å²) >= 11 is 1.08. The van der Waals surface area contributed by atoms with E-state index < -0.39 is 23.5 Å². The van der Waals surface area contributed by atoms with Crippen molar-refractivity contribution in [2.24, 2.45) is 0 Å². The minimum atomic E-state index is -1.22. The number of nitrogens with zero attached hydrogens (tertiary/aromatic N) is 2. The van der Waals surface area contributed by atoms with Crippen molar-refractivity contribution in [2.75, 3.05) is 12.4 Å².